The van der Waals surface area contributed by atoms with Gasteiger partial charge >= 0.3 is 0 Å². The fourth-order valence-electron chi connectivity index (χ4n) is 3.67. The lowest BCUT2D eigenvalue weighted by atomic mass is 9.91. The summed E-state index contributed by atoms with van der Waals surface area (Å²) in [7, 11) is 3.50. The van der Waals surface area contributed by atoms with E-state index in [1.54, 1.807) is 12.0 Å². The van der Waals surface area contributed by atoms with Crippen molar-refractivity contribution in [1.82, 2.24) is 9.80 Å². The molecule has 0 radical (unpaired) electrons. The Hall–Kier alpha value is -1.63. The predicted molar refractivity (Wildman–Crippen MR) is 92.1 cm³/mol. The van der Waals surface area contributed by atoms with Crippen molar-refractivity contribution in [2.24, 2.45) is 5.73 Å². The molecule has 6 nitrogen and oxygen atoms in total. The summed E-state index contributed by atoms with van der Waals surface area (Å²) < 4.78 is 10.8. The van der Waals surface area contributed by atoms with Gasteiger partial charge in [0, 0.05) is 33.2 Å². The summed E-state index contributed by atoms with van der Waals surface area (Å²) in [5, 5.41) is 0. The minimum atomic E-state index is -0.941. The van der Waals surface area contributed by atoms with Crippen LogP contribution in [-0.4, -0.2) is 69.3 Å². The lowest BCUT2D eigenvalue weighted by Crippen LogP contribution is -2.52. The quantitative estimate of drug-likeness (QED) is 0.854. The number of benzene rings is 1. The van der Waals surface area contributed by atoms with E-state index in [-0.39, 0.29) is 5.91 Å². The van der Waals surface area contributed by atoms with Gasteiger partial charge in [-0.15, -0.1) is 0 Å². The first kappa shape index (κ1) is 17.2. The van der Waals surface area contributed by atoms with E-state index in [1.807, 2.05) is 25.2 Å². The van der Waals surface area contributed by atoms with E-state index in [9.17, 15) is 4.79 Å². The normalized spacial score (nSPS) is 23.8. The molecule has 6 heteroatoms. The Balaban J connectivity index is 1.68. The zero-order valence-corrected chi connectivity index (χ0v) is 14.6. The molecule has 0 spiro atoms. The SMILES string of the molecule is COc1cccc2c1CCC2(N)C(=O)N(C)CCN1CCOCC1. The fourth-order valence-corrected chi connectivity index (χ4v) is 3.67. The summed E-state index contributed by atoms with van der Waals surface area (Å²) >= 11 is 0. The van der Waals surface area contributed by atoms with Gasteiger partial charge in [0.1, 0.15) is 11.3 Å². The fraction of sp³-hybridized carbons (Fsp3) is 0.611. The summed E-state index contributed by atoms with van der Waals surface area (Å²) in [5.41, 5.74) is 7.60. The summed E-state index contributed by atoms with van der Waals surface area (Å²) in [6.07, 6.45) is 1.41. The number of amides is 1. The first-order chi connectivity index (χ1) is 11.6. The number of ether oxygens (including phenoxy) is 2. The molecular weight excluding hydrogens is 306 g/mol. The third-order valence-electron chi connectivity index (χ3n) is 5.19. The van der Waals surface area contributed by atoms with Crippen LogP contribution in [0.1, 0.15) is 17.5 Å². The second-order valence-corrected chi connectivity index (χ2v) is 6.64. The molecule has 1 unspecified atom stereocenters. The molecule has 3 rings (SSSR count). The predicted octanol–water partition coefficient (Wildman–Crippen LogP) is 0.586. The van der Waals surface area contributed by atoms with Crippen LogP contribution in [0.25, 0.3) is 0 Å². The second kappa shape index (κ2) is 7.09. The molecule has 1 heterocycles. The Bertz CT molecular complexity index is 601. The van der Waals surface area contributed by atoms with Crippen molar-refractivity contribution in [3.8, 4) is 5.75 Å². The van der Waals surface area contributed by atoms with Crippen molar-refractivity contribution < 1.29 is 14.3 Å². The molecule has 0 bridgehead atoms. The highest BCUT2D eigenvalue weighted by atomic mass is 16.5. The first-order valence-electron chi connectivity index (χ1n) is 8.57. The van der Waals surface area contributed by atoms with E-state index >= 15 is 0 Å². The summed E-state index contributed by atoms with van der Waals surface area (Å²) in [6, 6.07) is 5.79. The van der Waals surface area contributed by atoms with Crippen LogP contribution in [-0.2, 0) is 21.5 Å². The minimum absolute atomic E-state index is 0.0113. The van der Waals surface area contributed by atoms with Gasteiger partial charge in [0.15, 0.2) is 0 Å². The van der Waals surface area contributed by atoms with E-state index in [2.05, 4.69) is 4.90 Å². The summed E-state index contributed by atoms with van der Waals surface area (Å²) in [6.45, 7) is 4.92. The van der Waals surface area contributed by atoms with Crippen LogP contribution < -0.4 is 10.5 Å². The highest BCUT2D eigenvalue weighted by Crippen LogP contribution is 2.40. The van der Waals surface area contributed by atoms with Gasteiger partial charge in [-0.05, 0) is 30.0 Å². The number of carbonyl (C=O) groups is 1. The zero-order chi connectivity index (χ0) is 17.2. The Labute approximate surface area is 143 Å². The highest BCUT2D eigenvalue weighted by Gasteiger charge is 2.44. The Morgan fingerprint density at radius 1 is 1.42 bits per heavy atom. The van der Waals surface area contributed by atoms with Crippen molar-refractivity contribution in [2.45, 2.75) is 18.4 Å². The average molecular weight is 333 g/mol. The lowest BCUT2D eigenvalue weighted by molar-refractivity contribution is -0.136. The molecule has 1 aliphatic heterocycles. The molecule has 1 saturated heterocycles. The largest absolute Gasteiger partial charge is 0.496 e. The van der Waals surface area contributed by atoms with Crippen LogP contribution in [0.15, 0.2) is 18.2 Å². The van der Waals surface area contributed by atoms with Gasteiger partial charge in [-0.2, -0.15) is 0 Å². The van der Waals surface area contributed by atoms with Crippen LogP contribution in [0.4, 0.5) is 0 Å². The summed E-state index contributed by atoms with van der Waals surface area (Å²) in [5.74, 6) is 0.811. The molecule has 1 aromatic carbocycles. The molecule has 0 aromatic heterocycles. The van der Waals surface area contributed by atoms with E-state index < -0.39 is 5.54 Å². The van der Waals surface area contributed by atoms with E-state index in [0.717, 1.165) is 56.1 Å². The van der Waals surface area contributed by atoms with E-state index in [1.165, 1.54) is 0 Å². The zero-order valence-electron chi connectivity index (χ0n) is 14.6. The van der Waals surface area contributed by atoms with Crippen LogP contribution in [0.5, 0.6) is 5.75 Å². The Morgan fingerprint density at radius 3 is 2.88 bits per heavy atom. The molecule has 1 aliphatic carbocycles. The standard InChI is InChI=1S/C18H27N3O3/c1-20(8-9-21-10-12-24-13-11-21)17(22)18(19)7-6-14-15(18)4-3-5-16(14)23-2/h3-5H,6-13,19H2,1-2H3. The number of nitrogens with two attached hydrogens (primary N) is 1. The number of methoxy groups -OCH3 is 1. The maximum absolute atomic E-state index is 13.0. The monoisotopic (exact) mass is 333 g/mol. The van der Waals surface area contributed by atoms with Crippen molar-refractivity contribution in [1.29, 1.82) is 0 Å². The van der Waals surface area contributed by atoms with Crippen LogP contribution in [0.3, 0.4) is 0 Å². The first-order valence-corrected chi connectivity index (χ1v) is 8.57. The molecule has 1 atom stereocenters. The minimum Gasteiger partial charge on any atom is -0.496 e. The smallest absolute Gasteiger partial charge is 0.247 e. The molecule has 2 N–H and O–H groups in total. The maximum atomic E-state index is 13.0. The molecule has 24 heavy (non-hydrogen) atoms. The number of rotatable bonds is 5. The van der Waals surface area contributed by atoms with Gasteiger partial charge in [-0.3, -0.25) is 9.69 Å². The second-order valence-electron chi connectivity index (χ2n) is 6.64. The van der Waals surface area contributed by atoms with Crippen LogP contribution in [0.2, 0.25) is 0 Å². The lowest BCUT2D eigenvalue weighted by Gasteiger charge is -2.32. The topological polar surface area (TPSA) is 68.0 Å². The number of hydrogen-bond donors (Lipinski definition) is 1. The number of hydrogen-bond acceptors (Lipinski definition) is 5. The third-order valence-corrected chi connectivity index (χ3v) is 5.19. The molecule has 2 aliphatic rings. The number of morpholine rings is 1. The van der Waals surface area contributed by atoms with Gasteiger partial charge in [0.2, 0.25) is 5.91 Å². The molecule has 0 saturated carbocycles. The van der Waals surface area contributed by atoms with Crippen LogP contribution in [0, 0.1) is 0 Å². The van der Waals surface area contributed by atoms with Crippen molar-refractivity contribution >= 4 is 5.91 Å². The number of nitrogens with zero attached hydrogens (tertiary/aromatic N) is 2. The van der Waals surface area contributed by atoms with Gasteiger partial charge < -0.3 is 20.1 Å². The molecule has 1 aromatic rings. The summed E-state index contributed by atoms with van der Waals surface area (Å²) in [4.78, 5) is 17.1. The Kier molecular flexibility index (Phi) is 5.08. The molecule has 1 fully saturated rings. The van der Waals surface area contributed by atoms with Crippen molar-refractivity contribution in [3.05, 3.63) is 29.3 Å². The average Bonchev–Trinajstić information content (AvgIpc) is 2.98. The molecule has 1 amide bonds. The van der Waals surface area contributed by atoms with E-state index in [4.69, 9.17) is 15.2 Å². The van der Waals surface area contributed by atoms with Gasteiger partial charge in [0.25, 0.3) is 0 Å². The Morgan fingerprint density at radius 2 is 2.17 bits per heavy atom. The number of likely N-dealkylation sites (N-methyl/N-ethyl adjacent to an activating group) is 1. The van der Waals surface area contributed by atoms with Gasteiger partial charge in [0.05, 0.1) is 20.3 Å². The van der Waals surface area contributed by atoms with E-state index in [0.29, 0.717) is 13.0 Å². The highest BCUT2D eigenvalue weighted by molar-refractivity contribution is 5.89. The van der Waals surface area contributed by atoms with Gasteiger partial charge in [-0.25, -0.2) is 0 Å². The van der Waals surface area contributed by atoms with Crippen molar-refractivity contribution in [3.63, 3.8) is 0 Å². The maximum Gasteiger partial charge on any atom is 0.247 e. The molecular formula is C18H27N3O3. The molecule has 132 valence electrons. The third kappa shape index (κ3) is 3.14. The van der Waals surface area contributed by atoms with Gasteiger partial charge in [-0.1, -0.05) is 12.1 Å². The number of carbonyl (C=O) groups excluding carboxylic acids is 1. The number of fused-ring (bicyclic) bond motifs is 1. The van der Waals surface area contributed by atoms with Crippen LogP contribution >= 0.6 is 0 Å². The van der Waals surface area contributed by atoms with Crippen molar-refractivity contribution in [2.75, 3.05) is 53.6 Å².